The topological polar surface area (TPSA) is 90.9 Å². The standard InChI is InChI=1S/C19H29N3O2.C2HF3O2/c1-18(2,3)15-6-4-5-7-16(15)21-17(23)22-12-13-24-19(14-22)8-10-20-11-9-19;3-2(4,5)1(6)7/h4-7,20H,8-14H2,1-3H3,(H,21,23);(H,6,7). The van der Waals surface area contributed by atoms with E-state index >= 15 is 0 Å². The number of nitrogens with one attached hydrogen (secondary N) is 2. The van der Waals surface area contributed by atoms with Gasteiger partial charge in [-0.05, 0) is 43.0 Å². The van der Waals surface area contributed by atoms with E-state index in [-0.39, 0.29) is 17.0 Å². The van der Waals surface area contributed by atoms with Gasteiger partial charge in [0.15, 0.2) is 0 Å². The van der Waals surface area contributed by atoms with Gasteiger partial charge in [0.2, 0.25) is 0 Å². The van der Waals surface area contributed by atoms with Gasteiger partial charge in [-0.25, -0.2) is 9.59 Å². The second-order valence-electron chi connectivity index (χ2n) is 8.73. The number of para-hydroxylation sites is 1. The number of urea groups is 1. The molecule has 2 aliphatic heterocycles. The van der Waals surface area contributed by atoms with Gasteiger partial charge in [0.1, 0.15) is 0 Å². The normalized spacial score (nSPS) is 18.7. The summed E-state index contributed by atoms with van der Waals surface area (Å²) in [6, 6.07) is 8.04. The summed E-state index contributed by atoms with van der Waals surface area (Å²) >= 11 is 0. The summed E-state index contributed by atoms with van der Waals surface area (Å²) < 4.78 is 37.8. The summed E-state index contributed by atoms with van der Waals surface area (Å²) in [4.78, 5) is 23.6. The molecular formula is C21H30F3N3O4. The minimum Gasteiger partial charge on any atom is -0.475 e. The minimum atomic E-state index is -5.08. The molecule has 1 spiro atoms. The lowest BCUT2D eigenvalue weighted by molar-refractivity contribution is -0.192. The Bertz CT molecular complexity index is 766. The molecule has 2 heterocycles. The quantitative estimate of drug-likeness (QED) is 0.615. The third kappa shape index (κ3) is 7.10. The number of carbonyl (C=O) groups is 2. The summed E-state index contributed by atoms with van der Waals surface area (Å²) in [7, 11) is 0. The molecule has 2 aliphatic rings. The fraction of sp³-hybridized carbons (Fsp3) is 0.619. The first-order valence-corrected chi connectivity index (χ1v) is 10.1. The maximum absolute atomic E-state index is 12.8. The van der Waals surface area contributed by atoms with Crippen LogP contribution in [0, 0.1) is 0 Å². The van der Waals surface area contributed by atoms with Crippen molar-refractivity contribution in [2.45, 2.75) is 50.8 Å². The SMILES string of the molecule is CC(C)(C)c1ccccc1NC(=O)N1CCOC2(CCNCC2)C1.O=C(O)C(F)(F)F. The Kier molecular flexibility index (Phi) is 7.93. The Hall–Kier alpha value is -2.33. The van der Waals surface area contributed by atoms with Gasteiger partial charge in [-0.2, -0.15) is 13.2 Å². The van der Waals surface area contributed by atoms with Crippen LogP contribution >= 0.6 is 0 Å². The number of carboxylic acids is 1. The van der Waals surface area contributed by atoms with E-state index in [9.17, 15) is 18.0 Å². The lowest BCUT2D eigenvalue weighted by Crippen LogP contribution is -2.58. The number of hydrogen-bond acceptors (Lipinski definition) is 4. The Morgan fingerprint density at radius 1 is 1.16 bits per heavy atom. The smallest absolute Gasteiger partial charge is 0.475 e. The molecule has 2 saturated heterocycles. The van der Waals surface area contributed by atoms with Crippen molar-refractivity contribution < 1.29 is 32.6 Å². The van der Waals surface area contributed by atoms with Crippen molar-refractivity contribution in [2.24, 2.45) is 0 Å². The molecule has 3 rings (SSSR count). The minimum absolute atomic E-state index is 0.00879. The van der Waals surface area contributed by atoms with Crippen LogP contribution in [0.15, 0.2) is 24.3 Å². The van der Waals surface area contributed by atoms with Crippen LogP contribution in [0.4, 0.5) is 23.7 Å². The van der Waals surface area contributed by atoms with Crippen LogP contribution in [0.3, 0.4) is 0 Å². The highest BCUT2D eigenvalue weighted by molar-refractivity contribution is 5.90. The molecule has 0 saturated carbocycles. The Morgan fingerprint density at radius 2 is 1.74 bits per heavy atom. The van der Waals surface area contributed by atoms with E-state index in [2.05, 4.69) is 37.5 Å². The van der Waals surface area contributed by atoms with E-state index in [4.69, 9.17) is 14.6 Å². The molecule has 0 bridgehead atoms. The van der Waals surface area contributed by atoms with Crippen molar-refractivity contribution in [1.29, 1.82) is 0 Å². The molecule has 3 N–H and O–H groups in total. The van der Waals surface area contributed by atoms with E-state index in [1.54, 1.807) is 0 Å². The van der Waals surface area contributed by atoms with Crippen molar-refractivity contribution in [3.63, 3.8) is 0 Å². The fourth-order valence-corrected chi connectivity index (χ4v) is 3.64. The van der Waals surface area contributed by atoms with Crippen LogP contribution in [0.2, 0.25) is 0 Å². The van der Waals surface area contributed by atoms with E-state index in [0.29, 0.717) is 19.7 Å². The zero-order valence-corrected chi connectivity index (χ0v) is 18.0. The largest absolute Gasteiger partial charge is 0.490 e. The fourth-order valence-electron chi connectivity index (χ4n) is 3.64. The summed E-state index contributed by atoms with van der Waals surface area (Å²) in [5.41, 5.74) is 1.89. The Morgan fingerprint density at radius 3 is 2.29 bits per heavy atom. The first-order chi connectivity index (χ1) is 14.3. The number of alkyl halides is 3. The number of halogens is 3. The number of carbonyl (C=O) groups excluding carboxylic acids is 1. The van der Waals surface area contributed by atoms with E-state index in [1.807, 2.05) is 23.1 Å². The molecule has 2 amide bonds. The Labute approximate surface area is 179 Å². The number of ether oxygens (including phenoxy) is 1. The van der Waals surface area contributed by atoms with Crippen molar-refractivity contribution in [3.05, 3.63) is 29.8 Å². The molecule has 7 nitrogen and oxygen atoms in total. The number of carboxylic acid groups (broad SMARTS) is 1. The molecule has 174 valence electrons. The highest BCUT2D eigenvalue weighted by Crippen LogP contribution is 2.31. The van der Waals surface area contributed by atoms with Crippen LogP contribution in [-0.2, 0) is 14.9 Å². The maximum atomic E-state index is 12.8. The number of amides is 2. The van der Waals surface area contributed by atoms with Gasteiger partial charge < -0.3 is 25.4 Å². The average Bonchev–Trinajstić information content (AvgIpc) is 2.68. The van der Waals surface area contributed by atoms with Gasteiger partial charge in [0, 0.05) is 12.2 Å². The second-order valence-corrected chi connectivity index (χ2v) is 8.73. The van der Waals surface area contributed by atoms with Gasteiger partial charge in [-0.3, -0.25) is 0 Å². The number of aliphatic carboxylic acids is 1. The number of anilines is 1. The lowest BCUT2D eigenvalue weighted by Gasteiger charge is -2.45. The van der Waals surface area contributed by atoms with Crippen molar-refractivity contribution >= 4 is 17.7 Å². The predicted octanol–water partition coefficient (Wildman–Crippen LogP) is 3.60. The molecular weight excluding hydrogens is 415 g/mol. The molecule has 1 aromatic carbocycles. The van der Waals surface area contributed by atoms with E-state index in [0.717, 1.165) is 37.2 Å². The summed E-state index contributed by atoms with van der Waals surface area (Å²) in [5, 5.41) is 13.6. The monoisotopic (exact) mass is 445 g/mol. The van der Waals surface area contributed by atoms with Crippen LogP contribution in [0.1, 0.15) is 39.2 Å². The first-order valence-electron chi connectivity index (χ1n) is 10.1. The Balaban J connectivity index is 0.000000423. The maximum Gasteiger partial charge on any atom is 0.490 e. The molecule has 2 fully saturated rings. The summed E-state index contributed by atoms with van der Waals surface area (Å²) in [5.74, 6) is -2.76. The zero-order valence-electron chi connectivity index (χ0n) is 18.0. The summed E-state index contributed by atoms with van der Waals surface area (Å²) in [6.07, 6.45) is -3.15. The summed E-state index contributed by atoms with van der Waals surface area (Å²) in [6.45, 7) is 10.4. The average molecular weight is 445 g/mol. The van der Waals surface area contributed by atoms with Gasteiger partial charge in [-0.1, -0.05) is 39.0 Å². The molecule has 10 heteroatoms. The number of benzene rings is 1. The van der Waals surface area contributed by atoms with Gasteiger partial charge in [0.05, 0.1) is 18.8 Å². The third-order valence-electron chi connectivity index (χ3n) is 5.27. The lowest BCUT2D eigenvalue weighted by atomic mass is 9.86. The number of hydrogen-bond donors (Lipinski definition) is 3. The number of rotatable bonds is 1. The van der Waals surface area contributed by atoms with Gasteiger partial charge >= 0.3 is 18.2 Å². The van der Waals surface area contributed by atoms with E-state index < -0.39 is 12.1 Å². The van der Waals surface area contributed by atoms with Crippen molar-refractivity contribution in [3.8, 4) is 0 Å². The van der Waals surface area contributed by atoms with E-state index in [1.165, 1.54) is 0 Å². The molecule has 1 aromatic rings. The van der Waals surface area contributed by atoms with Crippen LogP contribution < -0.4 is 10.6 Å². The molecule has 0 unspecified atom stereocenters. The highest BCUT2D eigenvalue weighted by atomic mass is 19.4. The number of nitrogens with zero attached hydrogens (tertiary/aromatic N) is 1. The molecule has 0 radical (unpaired) electrons. The van der Waals surface area contributed by atoms with Crippen molar-refractivity contribution in [2.75, 3.05) is 38.1 Å². The van der Waals surface area contributed by atoms with Crippen LogP contribution in [-0.4, -0.2) is 66.6 Å². The molecule has 31 heavy (non-hydrogen) atoms. The van der Waals surface area contributed by atoms with Crippen LogP contribution in [0.5, 0.6) is 0 Å². The number of morpholine rings is 1. The predicted molar refractivity (Wildman–Crippen MR) is 110 cm³/mol. The number of piperidine rings is 1. The highest BCUT2D eigenvalue weighted by Gasteiger charge is 2.39. The molecule has 0 atom stereocenters. The first kappa shape index (κ1) is 24.9. The third-order valence-corrected chi connectivity index (χ3v) is 5.27. The second kappa shape index (κ2) is 9.86. The molecule has 0 aromatic heterocycles. The molecule has 0 aliphatic carbocycles. The van der Waals surface area contributed by atoms with Crippen molar-refractivity contribution in [1.82, 2.24) is 10.2 Å². The van der Waals surface area contributed by atoms with Gasteiger partial charge in [-0.15, -0.1) is 0 Å². The van der Waals surface area contributed by atoms with Gasteiger partial charge in [0.25, 0.3) is 0 Å². The zero-order chi connectivity index (χ0) is 23.3. The van der Waals surface area contributed by atoms with Crippen LogP contribution in [0.25, 0.3) is 0 Å².